The molecular formula is C13H19NO2. The molecule has 0 atom stereocenters. The minimum absolute atomic E-state index is 0.127. The number of rotatable bonds is 1. The highest BCUT2D eigenvalue weighted by Gasteiger charge is 2.15. The van der Waals surface area contributed by atoms with Gasteiger partial charge in [-0.05, 0) is 23.1 Å². The third-order valence-electron chi connectivity index (χ3n) is 2.57. The molecule has 0 unspecified atom stereocenters. The van der Waals surface area contributed by atoms with Gasteiger partial charge in [0, 0.05) is 12.7 Å². The molecule has 3 heteroatoms. The Labute approximate surface area is 97.0 Å². The first-order valence-electron chi connectivity index (χ1n) is 5.28. The van der Waals surface area contributed by atoms with Gasteiger partial charge in [0.2, 0.25) is 0 Å². The number of hydrogen-bond acceptors (Lipinski definition) is 2. The zero-order valence-electron chi connectivity index (χ0n) is 10.6. The highest BCUT2D eigenvalue weighted by molar-refractivity contribution is 5.86. The second kappa shape index (κ2) is 4.56. The zero-order valence-corrected chi connectivity index (χ0v) is 10.6. The molecule has 0 N–H and O–H groups in total. The van der Waals surface area contributed by atoms with Crippen LogP contribution in [0.2, 0.25) is 0 Å². The number of ether oxygens (including phenoxy) is 1. The van der Waals surface area contributed by atoms with Crippen molar-refractivity contribution in [2.75, 3.05) is 19.1 Å². The van der Waals surface area contributed by atoms with E-state index in [0.29, 0.717) is 0 Å². The molecular weight excluding hydrogens is 202 g/mol. The van der Waals surface area contributed by atoms with Gasteiger partial charge < -0.3 is 4.74 Å². The minimum atomic E-state index is -0.358. The summed E-state index contributed by atoms with van der Waals surface area (Å²) in [5.41, 5.74) is 2.21. The van der Waals surface area contributed by atoms with Gasteiger partial charge in [0.25, 0.3) is 0 Å². The lowest BCUT2D eigenvalue weighted by molar-refractivity contribution is 0.180. The number of nitrogens with zero attached hydrogens (tertiary/aromatic N) is 1. The van der Waals surface area contributed by atoms with Gasteiger partial charge >= 0.3 is 6.09 Å². The van der Waals surface area contributed by atoms with Crippen LogP contribution in [0, 0.1) is 0 Å². The fourth-order valence-corrected chi connectivity index (χ4v) is 1.43. The minimum Gasteiger partial charge on any atom is -0.452 e. The maximum absolute atomic E-state index is 11.3. The third-order valence-corrected chi connectivity index (χ3v) is 2.57. The fraction of sp³-hybridized carbons (Fsp3) is 0.462. The molecule has 1 amide bonds. The van der Waals surface area contributed by atoms with E-state index in [9.17, 15) is 4.79 Å². The van der Waals surface area contributed by atoms with E-state index in [1.54, 1.807) is 7.05 Å². The van der Waals surface area contributed by atoms with Gasteiger partial charge in [0.15, 0.2) is 0 Å². The second-order valence-corrected chi connectivity index (χ2v) is 4.83. The highest BCUT2D eigenvalue weighted by atomic mass is 16.5. The molecule has 0 spiro atoms. The Kier molecular flexibility index (Phi) is 3.58. The Morgan fingerprint density at radius 1 is 1.19 bits per heavy atom. The van der Waals surface area contributed by atoms with Crippen molar-refractivity contribution < 1.29 is 9.53 Å². The number of anilines is 1. The van der Waals surface area contributed by atoms with Crippen LogP contribution in [0.1, 0.15) is 26.3 Å². The van der Waals surface area contributed by atoms with Gasteiger partial charge in [0.05, 0.1) is 7.11 Å². The highest BCUT2D eigenvalue weighted by Crippen LogP contribution is 2.24. The summed E-state index contributed by atoms with van der Waals surface area (Å²) in [7, 11) is 3.07. The first-order valence-corrected chi connectivity index (χ1v) is 5.28. The Morgan fingerprint density at radius 3 is 2.06 bits per heavy atom. The van der Waals surface area contributed by atoms with E-state index in [1.807, 2.05) is 24.3 Å². The predicted octanol–water partition coefficient (Wildman–Crippen LogP) is 3.19. The smallest absolute Gasteiger partial charge is 0.413 e. The van der Waals surface area contributed by atoms with Crippen molar-refractivity contribution in [3.8, 4) is 0 Å². The lowest BCUT2D eigenvalue weighted by Gasteiger charge is -2.21. The second-order valence-electron chi connectivity index (χ2n) is 4.83. The molecule has 1 aromatic carbocycles. The van der Waals surface area contributed by atoms with Gasteiger partial charge in [-0.2, -0.15) is 0 Å². The maximum atomic E-state index is 11.3. The molecule has 0 aliphatic heterocycles. The van der Waals surface area contributed by atoms with Gasteiger partial charge in [0.1, 0.15) is 0 Å². The van der Waals surface area contributed by atoms with Gasteiger partial charge in [-0.15, -0.1) is 0 Å². The van der Waals surface area contributed by atoms with Crippen LogP contribution in [-0.2, 0) is 10.2 Å². The Hall–Kier alpha value is -1.51. The predicted molar refractivity (Wildman–Crippen MR) is 66.0 cm³/mol. The molecule has 0 saturated carbocycles. The monoisotopic (exact) mass is 221 g/mol. The summed E-state index contributed by atoms with van der Waals surface area (Å²) in [6, 6.07) is 7.93. The van der Waals surface area contributed by atoms with Crippen LogP contribution >= 0.6 is 0 Å². The van der Waals surface area contributed by atoms with Crippen molar-refractivity contribution in [2.45, 2.75) is 26.2 Å². The molecule has 0 saturated heterocycles. The number of hydrogen-bond donors (Lipinski definition) is 0. The standard InChI is InChI=1S/C13H19NO2/c1-13(2,3)10-6-8-11(9-7-10)14(4)12(15)16-5/h6-9H,1-5H3. The summed E-state index contributed by atoms with van der Waals surface area (Å²) in [6.07, 6.45) is -0.358. The van der Waals surface area contributed by atoms with Crippen LogP contribution in [0.4, 0.5) is 10.5 Å². The van der Waals surface area contributed by atoms with Crippen LogP contribution < -0.4 is 4.90 Å². The van der Waals surface area contributed by atoms with Crippen molar-refractivity contribution in [2.24, 2.45) is 0 Å². The van der Waals surface area contributed by atoms with E-state index in [2.05, 4.69) is 25.5 Å². The number of carbonyl (C=O) groups excluding carboxylic acids is 1. The van der Waals surface area contributed by atoms with Crippen molar-refractivity contribution >= 4 is 11.8 Å². The summed E-state index contributed by atoms with van der Waals surface area (Å²) in [5, 5.41) is 0. The van der Waals surface area contributed by atoms with Crippen LogP contribution in [0.5, 0.6) is 0 Å². The Bertz CT molecular complexity index is 363. The number of carbonyl (C=O) groups is 1. The first-order chi connectivity index (χ1) is 7.36. The summed E-state index contributed by atoms with van der Waals surface area (Å²) in [5.74, 6) is 0. The fourth-order valence-electron chi connectivity index (χ4n) is 1.43. The molecule has 0 aromatic heterocycles. The Balaban J connectivity index is 2.91. The SMILES string of the molecule is COC(=O)N(C)c1ccc(C(C)(C)C)cc1. The van der Waals surface area contributed by atoms with Crippen LogP contribution in [0.3, 0.4) is 0 Å². The molecule has 1 rings (SSSR count). The average molecular weight is 221 g/mol. The first kappa shape index (κ1) is 12.6. The van der Waals surface area contributed by atoms with Crippen molar-refractivity contribution in [1.82, 2.24) is 0 Å². The van der Waals surface area contributed by atoms with Crippen LogP contribution in [0.15, 0.2) is 24.3 Å². The third kappa shape index (κ3) is 2.75. The average Bonchev–Trinajstić information content (AvgIpc) is 2.26. The maximum Gasteiger partial charge on any atom is 0.413 e. The van der Waals surface area contributed by atoms with Crippen molar-refractivity contribution in [1.29, 1.82) is 0 Å². The van der Waals surface area contributed by atoms with E-state index in [1.165, 1.54) is 17.6 Å². The molecule has 16 heavy (non-hydrogen) atoms. The summed E-state index contributed by atoms with van der Waals surface area (Å²) < 4.78 is 4.65. The quantitative estimate of drug-likeness (QED) is 0.729. The molecule has 0 heterocycles. The van der Waals surface area contributed by atoms with Gasteiger partial charge in [-0.1, -0.05) is 32.9 Å². The number of benzene rings is 1. The number of amides is 1. The molecule has 0 fully saturated rings. The zero-order chi connectivity index (χ0) is 12.3. The van der Waals surface area contributed by atoms with E-state index in [-0.39, 0.29) is 11.5 Å². The van der Waals surface area contributed by atoms with E-state index < -0.39 is 0 Å². The summed E-state index contributed by atoms with van der Waals surface area (Å²) in [4.78, 5) is 12.8. The molecule has 0 aliphatic rings. The van der Waals surface area contributed by atoms with E-state index >= 15 is 0 Å². The van der Waals surface area contributed by atoms with Crippen LogP contribution in [0.25, 0.3) is 0 Å². The molecule has 88 valence electrons. The van der Waals surface area contributed by atoms with E-state index in [4.69, 9.17) is 0 Å². The molecule has 0 aliphatic carbocycles. The van der Waals surface area contributed by atoms with Crippen LogP contribution in [-0.4, -0.2) is 20.3 Å². The summed E-state index contributed by atoms with van der Waals surface area (Å²) >= 11 is 0. The molecule has 1 aromatic rings. The molecule has 0 bridgehead atoms. The number of methoxy groups -OCH3 is 1. The van der Waals surface area contributed by atoms with Crippen molar-refractivity contribution in [3.05, 3.63) is 29.8 Å². The topological polar surface area (TPSA) is 29.5 Å². The van der Waals surface area contributed by atoms with Crippen molar-refractivity contribution in [3.63, 3.8) is 0 Å². The lowest BCUT2D eigenvalue weighted by atomic mass is 9.87. The van der Waals surface area contributed by atoms with Gasteiger partial charge in [-0.25, -0.2) is 4.79 Å². The van der Waals surface area contributed by atoms with Gasteiger partial charge in [-0.3, -0.25) is 4.90 Å². The van der Waals surface area contributed by atoms with E-state index in [0.717, 1.165) is 5.69 Å². The lowest BCUT2D eigenvalue weighted by Crippen LogP contribution is -2.25. The molecule has 0 radical (unpaired) electrons. The molecule has 3 nitrogen and oxygen atoms in total. The largest absolute Gasteiger partial charge is 0.452 e. The Morgan fingerprint density at radius 2 is 1.69 bits per heavy atom. The summed E-state index contributed by atoms with van der Waals surface area (Å²) in [6.45, 7) is 6.48. The normalized spacial score (nSPS) is 11.1.